The highest BCUT2D eigenvalue weighted by atomic mass is 19.1. The van der Waals surface area contributed by atoms with E-state index in [9.17, 15) is 14.3 Å². The Morgan fingerprint density at radius 2 is 1.79 bits per heavy atom. The molecule has 0 radical (unpaired) electrons. The van der Waals surface area contributed by atoms with Gasteiger partial charge >= 0.3 is 0 Å². The smallest absolute Gasteiger partial charge is 0.255 e. The monoisotopic (exact) mass is 259 g/mol. The molecular weight excluding hydrogens is 245 g/mol. The molecule has 0 saturated heterocycles. The number of phenolic OH excluding ortho intramolecular Hbond substituents is 1. The molecular formula is C15H14FNO2. The maximum atomic E-state index is 13.3. The second kappa shape index (κ2) is 6.00. The molecule has 0 saturated carbocycles. The van der Waals surface area contributed by atoms with E-state index in [1.54, 1.807) is 30.3 Å². The van der Waals surface area contributed by atoms with Crippen molar-refractivity contribution in [2.75, 3.05) is 6.54 Å². The molecule has 0 aliphatic heterocycles. The van der Waals surface area contributed by atoms with Gasteiger partial charge in [-0.05, 0) is 30.2 Å². The van der Waals surface area contributed by atoms with Crippen LogP contribution in [0, 0.1) is 5.82 Å². The first-order chi connectivity index (χ1) is 9.18. The van der Waals surface area contributed by atoms with Crippen molar-refractivity contribution in [2.24, 2.45) is 0 Å². The summed E-state index contributed by atoms with van der Waals surface area (Å²) in [7, 11) is 0. The number of hydrogen-bond acceptors (Lipinski definition) is 2. The largest absolute Gasteiger partial charge is 0.507 e. The summed E-state index contributed by atoms with van der Waals surface area (Å²) >= 11 is 0. The quantitative estimate of drug-likeness (QED) is 0.886. The minimum absolute atomic E-state index is 0.0640. The highest BCUT2D eigenvalue weighted by molar-refractivity contribution is 5.96. The van der Waals surface area contributed by atoms with Crippen molar-refractivity contribution in [1.82, 2.24) is 5.32 Å². The lowest BCUT2D eigenvalue weighted by Crippen LogP contribution is -2.25. The van der Waals surface area contributed by atoms with Crippen LogP contribution in [0.3, 0.4) is 0 Å². The first kappa shape index (κ1) is 13.1. The average molecular weight is 259 g/mol. The molecule has 0 unspecified atom stereocenters. The maximum absolute atomic E-state index is 13.3. The molecule has 0 atom stereocenters. The van der Waals surface area contributed by atoms with Gasteiger partial charge in [0.1, 0.15) is 11.6 Å². The second-order valence-electron chi connectivity index (χ2n) is 4.11. The molecule has 2 aromatic carbocycles. The van der Waals surface area contributed by atoms with Crippen molar-refractivity contribution in [2.45, 2.75) is 6.42 Å². The standard InChI is InChI=1S/C15H14FNO2/c16-13-7-3-1-5-11(13)9-10-17-15(19)12-6-2-4-8-14(12)18/h1-8,18H,9-10H2,(H,17,19). The van der Waals surface area contributed by atoms with Crippen LogP contribution in [-0.4, -0.2) is 17.6 Å². The second-order valence-corrected chi connectivity index (χ2v) is 4.11. The van der Waals surface area contributed by atoms with Gasteiger partial charge < -0.3 is 10.4 Å². The lowest BCUT2D eigenvalue weighted by atomic mass is 10.1. The van der Waals surface area contributed by atoms with Gasteiger partial charge in [-0.15, -0.1) is 0 Å². The normalized spacial score (nSPS) is 10.2. The van der Waals surface area contributed by atoms with Crippen LogP contribution >= 0.6 is 0 Å². The number of benzene rings is 2. The van der Waals surface area contributed by atoms with Crippen LogP contribution in [0.4, 0.5) is 4.39 Å². The molecule has 0 fully saturated rings. The molecule has 0 heterocycles. The van der Waals surface area contributed by atoms with Gasteiger partial charge in [0.05, 0.1) is 5.56 Å². The molecule has 0 aromatic heterocycles. The van der Waals surface area contributed by atoms with Crippen LogP contribution in [0.1, 0.15) is 15.9 Å². The van der Waals surface area contributed by atoms with E-state index in [1.165, 1.54) is 18.2 Å². The van der Waals surface area contributed by atoms with Gasteiger partial charge in [0.2, 0.25) is 0 Å². The van der Waals surface area contributed by atoms with E-state index in [4.69, 9.17) is 0 Å². The maximum Gasteiger partial charge on any atom is 0.255 e. The number of rotatable bonds is 4. The molecule has 0 spiro atoms. The van der Waals surface area contributed by atoms with Gasteiger partial charge in [0.15, 0.2) is 0 Å². The number of para-hydroxylation sites is 1. The van der Waals surface area contributed by atoms with Crippen molar-refractivity contribution in [1.29, 1.82) is 0 Å². The Balaban J connectivity index is 1.92. The molecule has 0 aliphatic carbocycles. The fourth-order valence-electron chi connectivity index (χ4n) is 1.77. The molecule has 3 nitrogen and oxygen atoms in total. The first-order valence-corrected chi connectivity index (χ1v) is 5.98. The van der Waals surface area contributed by atoms with E-state index in [0.29, 0.717) is 18.5 Å². The summed E-state index contributed by atoms with van der Waals surface area (Å²) < 4.78 is 13.3. The summed E-state index contributed by atoms with van der Waals surface area (Å²) in [6, 6.07) is 12.8. The predicted molar refractivity (Wildman–Crippen MR) is 70.5 cm³/mol. The highest BCUT2D eigenvalue weighted by Gasteiger charge is 2.09. The van der Waals surface area contributed by atoms with Gasteiger partial charge in [-0.3, -0.25) is 4.79 Å². The summed E-state index contributed by atoms with van der Waals surface area (Å²) in [5, 5.41) is 12.2. The topological polar surface area (TPSA) is 49.3 Å². The van der Waals surface area contributed by atoms with Crippen molar-refractivity contribution in [3.8, 4) is 5.75 Å². The van der Waals surface area contributed by atoms with Crippen LogP contribution < -0.4 is 5.32 Å². The molecule has 1 amide bonds. The van der Waals surface area contributed by atoms with E-state index in [-0.39, 0.29) is 23.0 Å². The minimum atomic E-state index is -0.366. The van der Waals surface area contributed by atoms with Crippen molar-refractivity contribution in [3.63, 3.8) is 0 Å². The summed E-state index contributed by atoms with van der Waals surface area (Å²) in [5.74, 6) is -0.709. The number of aromatic hydroxyl groups is 1. The Bertz CT molecular complexity index is 584. The van der Waals surface area contributed by atoms with Gasteiger partial charge in [0, 0.05) is 6.54 Å². The summed E-state index contributed by atoms with van der Waals surface area (Å²) in [6.45, 7) is 0.314. The number of nitrogens with one attached hydrogen (secondary N) is 1. The van der Waals surface area contributed by atoms with Gasteiger partial charge in [-0.25, -0.2) is 4.39 Å². The Labute approximate surface area is 110 Å². The van der Waals surface area contributed by atoms with Gasteiger partial charge in [0.25, 0.3) is 5.91 Å². The minimum Gasteiger partial charge on any atom is -0.507 e. The summed E-state index contributed by atoms with van der Waals surface area (Å²) in [4.78, 5) is 11.8. The predicted octanol–water partition coefficient (Wildman–Crippen LogP) is 2.50. The van der Waals surface area contributed by atoms with Crippen LogP contribution in [0.25, 0.3) is 0 Å². The third-order valence-electron chi connectivity index (χ3n) is 2.79. The average Bonchev–Trinajstić information content (AvgIpc) is 2.41. The van der Waals surface area contributed by atoms with Crippen LogP contribution in [-0.2, 0) is 6.42 Å². The number of halogens is 1. The van der Waals surface area contributed by atoms with E-state index in [0.717, 1.165) is 0 Å². The molecule has 0 aliphatic rings. The molecule has 19 heavy (non-hydrogen) atoms. The first-order valence-electron chi connectivity index (χ1n) is 5.98. The number of carbonyl (C=O) groups is 1. The lowest BCUT2D eigenvalue weighted by Gasteiger charge is -2.07. The summed E-state index contributed by atoms with van der Waals surface area (Å²) in [5.41, 5.74) is 0.774. The molecule has 2 aromatic rings. The number of carbonyl (C=O) groups excluding carboxylic acids is 1. The molecule has 2 rings (SSSR count). The zero-order valence-electron chi connectivity index (χ0n) is 10.3. The SMILES string of the molecule is O=C(NCCc1ccccc1F)c1ccccc1O. The fraction of sp³-hybridized carbons (Fsp3) is 0.133. The van der Waals surface area contributed by atoms with Crippen LogP contribution in [0.15, 0.2) is 48.5 Å². The fourth-order valence-corrected chi connectivity index (χ4v) is 1.77. The Morgan fingerprint density at radius 1 is 1.11 bits per heavy atom. The van der Waals surface area contributed by atoms with Gasteiger partial charge in [-0.2, -0.15) is 0 Å². The van der Waals surface area contributed by atoms with E-state index in [1.807, 2.05) is 0 Å². The third-order valence-corrected chi connectivity index (χ3v) is 2.79. The van der Waals surface area contributed by atoms with Crippen LogP contribution in [0.5, 0.6) is 5.75 Å². The number of phenols is 1. The Hall–Kier alpha value is -2.36. The van der Waals surface area contributed by atoms with E-state index in [2.05, 4.69) is 5.32 Å². The van der Waals surface area contributed by atoms with E-state index < -0.39 is 0 Å². The number of amides is 1. The lowest BCUT2D eigenvalue weighted by molar-refractivity contribution is 0.0951. The van der Waals surface area contributed by atoms with Gasteiger partial charge in [-0.1, -0.05) is 30.3 Å². The Kier molecular flexibility index (Phi) is 4.13. The zero-order chi connectivity index (χ0) is 13.7. The molecule has 0 bridgehead atoms. The Morgan fingerprint density at radius 3 is 2.53 bits per heavy atom. The molecule has 98 valence electrons. The van der Waals surface area contributed by atoms with Crippen LogP contribution in [0.2, 0.25) is 0 Å². The number of hydrogen-bond donors (Lipinski definition) is 2. The highest BCUT2D eigenvalue weighted by Crippen LogP contribution is 2.15. The molecule has 4 heteroatoms. The van der Waals surface area contributed by atoms with Crippen molar-refractivity contribution < 1.29 is 14.3 Å². The zero-order valence-corrected chi connectivity index (χ0v) is 10.3. The van der Waals surface area contributed by atoms with Crippen molar-refractivity contribution in [3.05, 3.63) is 65.5 Å². The summed E-state index contributed by atoms with van der Waals surface area (Å²) in [6.07, 6.45) is 0.409. The molecule has 2 N–H and O–H groups in total. The van der Waals surface area contributed by atoms with Crippen molar-refractivity contribution >= 4 is 5.91 Å². The van der Waals surface area contributed by atoms with E-state index >= 15 is 0 Å². The third kappa shape index (κ3) is 3.31.